The van der Waals surface area contributed by atoms with Crippen molar-refractivity contribution >= 4 is 17.6 Å². The van der Waals surface area contributed by atoms with E-state index in [4.69, 9.17) is 11.6 Å². The van der Waals surface area contributed by atoms with E-state index in [0.29, 0.717) is 6.54 Å². The van der Waals surface area contributed by atoms with Crippen LogP contribution in [0.2, 0.25) is 5.02 Å². The van der Waals surface area contributed by atoms with Crippen molar-refractivity contribution in [2.75, 3.05) is 52.9 Å². The van der Waals surface area contributed by atoms with Crippen LogP contribution >= 0.6 is 11.6 Å². The standard InChI is InChI=1S/C17H28ClN5/c1-3-22-10-12-23(13-11-22)9-8-20-17(19-2)21-14-15-6-4-5-7-16(15)18/h4-7H,3,8-14H2,1-2H3,(H2,19,20,21). The van der Waals surface area contributed by atoms with Gasteiger partial charge in [0.25, 0.3) is 0 Å². The molecule has 1 aliphatic heterocycles. The molecule has 0 spiro atoms. The van der Waals surface area contributed by atoms with Crippen molar-refractivity contribution in [2.45, 2.75) is 13.5 Å². The van der Waals surface area contributed by atoms with E-state index in [9.17, 15) is 0 Å². The number of halogens is 1. The fraction of sp³-hybridized carbons (Fsp3) is 0.588. The van der Waals surface area contributed by atoms with Crippen LogP contribution in [0.4, 0.5) is 0 Å². The summed E-state index contributed by atoms with van der Waals surface area (Å²) in [7, 11) is 1.79. The van der Waals surface area contributed by atoms with Gasteiger partial charge in [-0.1, -0.05) is 36.7 Å². The summed E-state index contributed by atoms with van der Waals surface area (Å²) in [6, 6.07) is 7.87. The van der Waals surface area contributed by atoms with Crippen molar-refractivity contribution < 1.29 is 0 Å². The molecule has 0 aromatic heterocycles. The highest BCUT2D eigenvalue weighted by molar-refractivity contribution is 6.31. The average molecular weight is 338 g/mol. The molecule has 0 radical (unpaired) electrons. The topological polar surface area (TPSA) is 42.9 Å². The van der Waals surface area contributed by atoms with Crippen LogP contribution in [0.25, 0.3) is 0 Å². The summed E-state index contributed by atoms with van der Waals surface area (Å²) in [5.41, 5.74) is 1.08. The van der Waals surface area contributed by atoms with Gasteiger partial charge in [-0.3, -0.25) is 9.89 Å². The number of guanidine groups is 1. The zero-order valence-corrected chi connectivity index (χ0v) is 14.9. The highest BCUT2D eigenvalue weighted by atomic mass is 35.5. The maximum absolute atomic E-state index is 6.17. The Morgan fingerprint density at radius 3 is 2.48 bits per heavy atom. The molecule has 0 atom stereocenters. The Morgan fingerprint density at radius 2 is 1.83 bits per heavy atom. The minimum atomic E-state index is 0.675. The molecular weight excluding hydrogens is 310 g/mol. The fourth-order valence-corrected chi connectivity index (χ4v) is 2.91. The molecule has 23 heavy (non-hydrogen) atoms. The van der Waals surface area contributed by atoms with Crippen molar-refractivity contribution in [1.29, 1.82) is 0 Å². The molecule has 6 heteroatoms. The second-order valence-corrected chi connectivity index (χ2v) is 6.13. The van der Waals surface area contributed by atoms with Gasteiger partial charge in [0.15, 0.2) is 5.96 Å². The molecule has 0 saturated carbocycles. The number of aliphatic imine (C=N–C) groups is 1. The number of benzene rings is 1. The zero-order valence-electron chi connectivity index (χ0n) is 14.2. The van der Waals surface area contributed by atoms with Crippen molar-refractivity contribution in [2.24, 2.45) is 4.99 Å². The molecule has 2 N–H and O–H groups in total. The number of nitrogens with one attached hydrogen (secondary N) is 2. The molecule has 5 nitrogen and oxygen atoms in total. The molecule has 1 aromatic carbocycles. The van der Waals surface area contributed by atoms with Gasteiger partial charge in [0.2, 0.25) is 0 Å². The summed E-state index contributed by atoms with van der Waals surface area (Å²) in [5.74, 6) is 0.817. The van der Waals surface area contributed by atoms with Gasteiger partial charge in [-0.15, -0.1) is 0 Å². The number of rotatable bonds is 6. The summed E-state index contributed by atoms with van der Waals surface area (Å²) in [6.45, 7) is 10.7. The highest BCUT2D eigenvalue weighted by Crippen LogP contribution is 2.14. The lowest BCUT2D eigenvalue weighted by Gasteiger charge is -2.34. The van der Waals surface area contributed by atoms with E-state index in [0.717, 1.165) is 49.3 Å². The van der Waals surface area contributed by atoms with Crippen LogP contribution < -0.4 is 10.6 Å². The van der Waals surface area contributed by atoms with E-state index < -0.39 is 0 Å². The summed E-state index contributed by atoms with van der Waals surface area (Å²) in [6.07, 6.45) is 0. The molecule has 128 valence electrons. The van der Waals surface area contributed by atoms with Gasteiger partial charge < -0.3 is 15.5 Å². The van der Waals surface area contributed by atoms with E-state index >= 15 is 0 Å². The second-order valence-electron chi connectivity index (χ2n) is 5.72. The molecule has 1 saturated heterocycles. The summed E-state index contributed by atoms with van der Waals surface area (Å²) in [5, 5.41) is 7.46. The Morgan fingerprint density at radius 1 is 1.13 bits per heavy atom. The molecule has 0 bridgehead atoms. The maximum atomic E-state index is 6.17. The normalized spacial score (nSPS) is 17.3. The van der Waals surface area contributed by atoms with Gasteiger partial charge in [-0.25, -0.2) is 0 Å². The minimum Gasteiger partial charge on any atom is -0.355 e. The first-order valence-electron chi connectivity index (χ1n) is 8.35. The Kier molecular flexibility index (Phi) is 7.65. The third-order valence-corrected chi connectivity index (χ3v) is 4.63. The quantitative estimate of drug-likeness (QED) is 0.612. The lowest BCUT2D eigenvalue weighted by Crippen LogP contribution is -2.49. The average Bonchev–Trinajstić information content (AvgIpc) is 2.59. The van der Waals surface area contributed by atoms with Crippen LogP contribution in [-0.2, 0) is 6.54 Å². The van der Waals surface area contributed by atoms with Crippen molar-refractivity contribution in [1.82, 2.24) is 20.4 Å². The van der Waals surface area contributed by atoms with Crippen LogP contribution in [0.5, 0.6) is 0 Å². The second kappa shape index (κ2) is 9.75. The van der Waals surface area contributed by atoms with E-state index in [1.807, 2.05) is 24.3 Å². The van der Waals surface area contributed by atoms with Gasteiger partial charge >= 0.3 is 0 Å². The van der Waals surface area contributed by atoms with Crippen LogP contribution in [0.1, 0.15) is 12.5 Å². The van der Waals surface area contributed by atoms with Gasteiger partial charge in [0, 0.05) is 57.9 Å². The van der Waals surface area contributed by atoms with Crippen LogP contribution in [-0.4, -0.2) is 68.6 Å². The maximum Gasteiger partial charge on any atom is 0.191 e. The van der Waals surface area contributed by atoms with E-state index in [1.54, 1.807) is 7.05 Å². The molecule has 1 aromatic rings. The number of hydrogen-bond donors (Lipinski definition) is 2. The van der Waals surface area contributed by atoms with Crippen LogP contribution in [0.3, 0.4) is 0 Å². The Balaban J connectivity index is 1.67. The number of hydrogen-bond acceptors (Lipinski definition) is 3. The summed E-state index contributed by atoms with van der Waals surface area (Å²) in [4.78, 5) is 9.26. The van der Waals surface area contributed by atoms with E-state index in [-0.39, 0.29) is 0 Å². The largest absolute Gasteiger partial charge is 0.355 e. The lowest BCUT2D eigenvalue weighted by atomic mass is 10.2. The molecule has 0 amide bonds. The molecular formula is C17H28ClN5. The molecule has 0 unspecified atom stereocenters. The molecule has 1 aliphatic rings. The smallest absolute Gasteiger partial charge is 0.191 e. The Labute approximate surface area is 144 Å². The predicted molar refractivity (Wildman–Crippen MR) is 98.2 cm³/mol. The minimum absolute atomic E-state index is 0.675. The predicted octanol–water partition coefficient (Wildman–Crippen LogP) is 1.64. The fourth-order valence-electron chi connectivity index (χ4n) is 2.70. The Bertz CT molecular complexity index is 498. The first-order valence-corrected chi connectivity index (χ1v) is 8.73. The number of piperazine rings is 1. The summed E-state index contributed by atoms with van der Waals surface area (Å²) >= 11 is 6.17. The third-order valence-electron chi connectivity index (χ3n) is 4.26. The lowest BCUT2D eigenvalue weighted by molar-refractivity contribution is 0.139. The monoisotopic (exact) mass is 337 g/mol. The molecule has 1 fully saturated rings. The van der Waals surface area contributed by atoms with Crippen LogP contribution in [0, 0.1) is 0 Å². The molecule has 0 aliphatic carbocycles. The third kappa shape index (κ3) is 6.01. The van der Waals surface area contributed by atoms with Crippen molar-refractivity contribution in [3.05, 3.63) is 34.9 Å². The van der Waals surface area contributed by atoms with Gasteiger partial charge in [0.05, 0.1) is 0 Å². The highest BCUT2D eigenvalue weighted by Gasteiger charge is 2.14. The molecule has 2 rings (SSSR count). The van der Waals surface area contributed by atoms with Crippen molar-refractivity contribution in [3.63, 3.8) is 0 Å². The zero-order chi connectivity index (χ0) is 16.5. The van der Waals surface area contributed by atoms with E-state index in [1.165, 1.54) is 13.1 Å². The Hall–Kier alpha value is -1.30. The van der Waals surface area contributed by atoms with Gasteiger partial charge in [-0.05, 0) is 18.2 Å². The first kappa shape index (κ1) is 18.0. The van der Waals surface area contributed by atoms with Gasteiger partial charge in [0.1, 0.15) is 0 Å². The van der Waals surface area contributed by atoms with Gasteiger partial charge in [-0.2, -0.15) is 0 Å². The molecule has 1 heterocycles. The van der Waals surface area contributed by atoms with Crippen LogP contribution in [0.15, 0.2) is 29.3 Å². The van der Waals surface area contributed by atoms with E-state index in [2.05, 4.69) is 32.3 Å². The summed E-state index contributed by atoms with van der Waals surface area (Å²) < 4.78 is 0. The number of nitrogens with zero attached hydrogens (tertiary/aromatic N) is 3. The SMILES string of the molecule is CCN1CCN(CCNC(=NC)NCc2ccccc2Cl)CC1. The number of likely N-dealkylation sites (N-methyl/N-ethyl adjacent to an activating group) is 1. The first-order chi connectivity index (χ1) is 11.2. The van der Waals surface area contributed by atoms with Crippen molar-refractivity contribution in [3.8, 4) is 0 Å².